The molecule has 186 valence electrons. The molecule has 5 rings (SSSR count). The first-order chi connectivity index (χ1) is 17.0. The molecule has 2 aliphatic rings. The second kappa shape index (κ2) is 10.3. The van der Waals surface area contributed by atoms with Crippen LogP contribution in [0.25, 0.3) is 11.6 Å². The highest BCUT2D eigenvalue weighted by atomic mass is 16.4. The van der Waals surface area contributed by atoms with Gasteiger partial charge in [-0.1, -0.05) is 25.5 Å². The highest BCUT2D eigenvalue weighted by molar-refractivity contribution is 5.44. The van der Waals surface area contributed by atoms with Gasteiger partial charge < -0.3 is 13.9 Å². The summed E-state index contributed by atoms with van der Waals surface area (Å²) in [5.74, 6) is 4.35. The van der Waals surface area contributed by atoms with Gasteiger partial charge in [0.1, 0.15) is 5.69 Å². The SMILES string of the molecule is CC1=C[C@@H](CN2CCN(c3ncccn3)CC2)[C@H](C(C)C)C[C@H]1Cc1nnc(-c2cncn2C)o1. The Balaban J connectivity index is 1.22. The largest absolute Gasteiger partial charge is 0.419 e. The van der Waals surface area contributed by atoms with Gasteiger partial charge in [-0.25, -0.2) is 15.0 Å². The zero-order valence-corrected chi connectivity index (χ0v) is 21.2. The summed E-state index contributed by atoms with van der Waals surface area (Å²) < 4.78 is 7.92. The number of imidazole rings is 1. The fourth-order valence-corrected chi connectivity index (χ4v) is 5.58. The van der Waals surface area contributed by atoms with Crippen LogP contribution in [0.4, 0.5) is 5.95 Å². The van der Waals surface area contributed by atoms with E-state index in [9.17, 15) is 0 Å². The maximum Gasteiger partial charge on any atom is 0.265 e. The van der Waals surface area contributed by atoms with Crippen molar-refractivity contribution < 1.29 is 4.42 Å². The third kappa shape index (κ3) is 5.29. The molecule has 1 aliphatic heterocycles. The van der Waals surface area contributed by atoms with Crippen molar-refractivity contribution in [1.82, 2.24) is 34.6 Å². The lowest BCUT2D eigenvalue weighted by Gasteiger charge is -2.41. The summed E-state index contributed by atoms with van der Waals surface area (Å²) in [7, 11) is 1.93. The number of rotatable bonds is 7. The highest BCUT2D eigenvalue weighted by Crippen LogP contribution is 2.39. The summed E-state index contributed by atoms with van der Waals surface area (Å²) in [6.07, 6.45) is 11.6. The molecule has 0 radical (unpaired) electrons. The molecule has 0 N–H and O–H groups in total. The Morgan fingerprint density at radius 2 is 1.86 bits per heavy atom. The van der Waals surface area contributed by atoms with Crippen LogP contribution in [0.2, 0.25) is 0 Å². The molecule has 0 saturated carbocycles. The highest BCUT2D eigenvalue weighted by Gasteiger charge is 2.34. The Morgan fingerprint density at radius 3 is 2.54 bits per heavy atom. The molecule has 9 heteroatoms. The summed E-state index contributed by atoms with van der Waals surface area (Å²) in [5.41, 5.74) is 2.29. The van der Waals surface area contributed by atoms with Crippen LogP contribution < -0.4 is 4.90 Å². The molecule has 3 aromatic heterocycles. The number of hydrogen-bond acceptors (Lipinski definition) is 8. The first-order valence-corrected chi connectivity index (χ1v) is 12.7. The van der Waals surface area contributed by atoms with Gasteiger partial charge in [-0.15, -0.1) is 10.2 Å². The molecule has 1 saturated heterocycles. The van der Waals surface area contributed by atoms with Crippen molar-refractivity contribution in [3.63, 3.8) is 0 Å². The first-order valence-electron chi connectivity index (χ1n) is 12.7. The zero-order chi connectivity index (χ0) is 24.4. The van der Waals surface area contributed by atoms with Crippen molar-refractivity contribution in [1.29, 1.82) is 0 Å². The molecule has 0 amide bonds. The molecule has 0 spiro atoms. The van der Waals surface area contributed by atoms with Gasteiger partial charge in [-0.2, -0.15) is 0 Å². The predicted molar refractivity (Wildman–Crippen MR) is 135 cm³/mol. The molecule has 0 bridgehead atoms. The van der Waals surface area contributed by atoms with Crippen molar-refractivity contribution in [2.45, 2.75) is 33.6 Å². The lowest BCUT2D eigenvalue weighted by atomic mass is 9.69. The third-order valence-corrected chi connectivity index (χ3v) is 7.68. The second-order valence-corrected chi connectivity index (χ2v) is 10.3. The molecular formula is C26H36N8O. The van der Waals surface area contributed by atoms with Crippen LogP contribution in [-0.4, -0.2) is 67.3 Å². The van der Waals surface area contributed by atoms with Crippen molar-refractivity contribution in [2.24, 2.45) is 30.7 Å². The van der Waals surface area contributed by atoms with Gasteiger partial charge in [0.2, 0.25) is 11.8 Å². The van der Waals surface area contributed by atoms with Crippen molar-refractivity contribution >= 4 is 5.95 Å². The fourth-order valence-electron chi connectivity index (χ4n) is 5.58. The monoisotopic (exact) mass is 476 g/mol. The zero-order valence-electron chi connectivity index (χ0n) is 21.2. The average molecular weight is 477 g/mol. The minimum atomic E-state index is 0.436. The lowest BCUT2D eigenvalue weighted by molar-refractivity contribution is 0.154. The second-order valence-electron chi connectivity index (χ2n) is 10.3. The predicted octanol–water partition coefficient (Wildman–Crippen LogP) is 3.48. The van der Waals surface area contributed by atoms with E-state index in [0.717, 1.165) is 57.2 Å². The molecule has 1 aliphatic carbocycles. The molecule has 4 heterocycles. The van der Waals surface area contributed by atoms with E-state index in [-0.39, 0.29) is 0 Å². The van der Waals surface area contributed by atoms with Crippen LogP contribution in [0.3, 0.4) is 0 Å². The van der Waals surface area contributed by atoms with Gasteiger partial charge >= 0.3 is 0 Å². The van der Waals surface area contributed by atoms with Crippen molar-refractivity contribution in [2.75, 3.05) is 37.6 Å². The number of hydrogen-bond donors (Lipinski definition) is 0. The Kier molecular flexibility index (Phi) is 6.95. The standard InChI is InChI=1S/C26H36N8O/c1-18(2)22-13-20(14-24-30-31-25(35-24)23-15-27-17-32(23)4)19(3)12-21(22)16-33-8-10-34(11-9-33)26-28-6-5-7-29-26/h5-7,12,15,17-18,20-22H,8-11,13-14,16H2,1-4H3/t20-,21-,22-/m0/s1. The van der Waals surface area contributed by atoms with Gasteiger partial charge in [0, 0.05) is 58.6 Å². The topological polar surface area (TPSA) is 89.0 Å². The summed E-state index contributed by atoms with van der Waals surface area (Å²) in [5, 5.41) is 8.62. The number of aryl methyl sites for hydroxylation is 1. The number of nitrogens with zero attached hydrogens (tertiary/aromatic N) is 8. The number of piperazine rings is 1. The van der Waals surface area contributed by atoms with E-state index >= 15 is 0 Å². The van der Waals surface area contributed by atoms with Crippen LogP contribution in [0, 0.1) is 23.7 Å². The Bertz CT molecular complexity index is 1130. The molecule has 0 unspecified atom stereocenters. The van der Waals surface area contributed by atoms with Crippen molar-refractivity contribution in [3.05, 3.63) is 48.5 Å². The van der Waals surface area contributed by atoms with Gasteiger partial charge in [0.25, 0.3) is 5.89 Å². The van der Waals surface area contributed by atoms with Crippen LogP contribution in [-0.2, 0) is 13.5 Å². The molecule has 0 aromatic carbocycles. The van der Waals surface area contributed by atoms with Crippen molar-refractivity contribution in [3.8, 4) is 11.6 Å². The van der Waals surface area contributed by atoms with Gasteiger partial charge in [-0.05, 0) is 43.1 Å². The van der Waals surface area contributed by atoms with Gasteiger partial charge in [-0.3, -0.25) is 4.90 Å². The van der Waals surface area contributed by atoms with Crippen LogP contribution >= 0.6 is 0 Å². The van der Waals surface area contributed by atoms with Gasteiger partial charge in [0.15, 0.2) is 0 Å². The Morgan fingerprint density at radius 1 is 1.09 bits per heavy atom. The average Bonchev–Trinajstić information content (AvgIpc) is 3.50. The van der Waals surface area contributed by atoms with E-state index in [2.05, 4.69) is 61.8 Å². The van der Waals surface area contributed by atoms with Crippen LogP contribution in [0.15, 0.2) is 47.1 Å². The quantitative estimate of drug-likeness (QED) is 0.479. The molecule has 1 fully saturated rings. The normalized spacial score (nSPS) is 23.6. The fraction of sp³-hybridized carbons (Fsp3) is 0.577. The molecule has 3 aromatic rings. The van der Waals surface area contributed by atoms with Crippen LogP contribution in [0.5, 0.6) is 0 Å². The maximum absolute atomic E-state index is 6.02. The lowest BCUT2D eigenvalue weighted by Crippen LogP contribution is -2.49. The minimum Gasteiger partial charge on any atom is -0.419 e. The number of allylic oxidation sites excluding steroid dienone is 1. The molecule has 9 nitrogen and oxygen atoms in total. The summed E-state index contributed by atoms with van der Waals surface area (Å²) in [4.78, 5) is 17.9. The third-order valence-electron chi connectivity index (χ3n) is 7.68. The van der Waals surface area contributed by atoms with E-state index in [1.165, 1.54) is 5.57 Å². The molecule has 3 atom stereocenters. The van der Waals surface area contributed by atoms with E-state index in [1.54, 1.807) is 12.5 Å². The first kappa shape index (κ1) is 23.7. The number of aromatic nitrogens is 6. The maximum atomic E-state index is 6.02. The van der Waals surface area contributed by atoms with E-state index in [0.29, 0.717) is 35.5 Å². The smallest absolute Gasteiger partial charge is 0.265 e. The van der Waals surface area contributed by atoms with E-state index in [1.807, 2.05) is 30.1 Å². The van der Waals surface area contributed by atoms with Gasteiger partial charge in [0.05, 0.1) is 12.5 Å². The Labute approximate surface area is 207 Å². The van der Waals surface area contributed by atoms with E-state index in [4.69, 9.17) is 4.42 Å². The summed E-state index contributed by atoms with van der Waals surface area (Å²) >= 11 is 0. The molecular weight excluding hydrogens is 440 g/mol. The summed E-state index contributed by atoms with van der Waals surface area (Å²) in [6.45, 7) is 12.2. The van der Waals surface area contributed by atoms with E-state index < -0.39 is 0 Å². The number of anilines is 1. The molecule has 35 heavy (non-hydrogen) atoms. The Hall–Kier alpha value is -3.07. The minimum absolute atomic E-state index is 0.436. The van der Waals surface area contributed by atoms with Crippen LogP contribution in [0.1, 0.15) is 33.1 Å². The summed E-state index contributed by atoms with van der Waals surface area (Å²) in [6, 6.07) is 1.87.